The molecule has 0 aliphatic carbocycles. The van der Waals surface area contributed by atoms with E-state index in [-0.39, 0.29) is 6.42 Å². The second kappa shape index (κ2) is 4.95. The number of nitrogens with two attached hydrogens (primary N) is 2. The molecule has 0 aromatic heterocycles. The molecule has 0 aromatic carbocycles. The molecule has 0 fully saturated rings. The summed E-state index contributed by atoms with van der Waals surface area (Å²) in [6.07, 6.45) is 0.329. The highest BCUT2D eigenvalue weighted by Crippen LogP contribution is 2.23. The molecule has 5 heteroatoms. The molecule has 0 aromatic rings. The van der Waals surface area contributed by atoms with E-state index >= 15 is 0 Å². The Morgan fingerprint density at radius 2 is 1.86 bits per heavy atom. The van der Waals surface area contributed by atoms with Crippen LogP contribution in [0.2, 0.25) is 0 Å². The molecule has 0 heterocycles. The zero-order valence-corrected chi connectivity index (χ0v) is 8.32. The summed E-state index contributed by atoms with van der Waals surface area (Å²) in [6, 6.07) is 0. The molecule has 5 N–H and O–H groups in total. The molecule has 0 saturated heterocycles. The zero-order chi connectivity index (χ0) is 11.4. The minimum absolute atomic E-state index is 0.120. The molecule has 14 heavy (non-hydrogen) atoms. The minimum Gasteiger partial charge on any atom is -0.393 e. The van der Waals surface area contributed by atoms with Crippen LogP contribution in [-0.2, 0) is 9.59 Å². The molecule has 1 radical (unpaired) electrons. The molecule has 2 amide bonds. The SMILES string of the molecule is [CH2]C(CC(O)CCC)(C(N)=O)C(N)=O. The van der Waals surface area contributed by atoms with Gasteiger partial charge < -0.3 is 16.6 Å². The number of aliphatic hydroxyl groups is 1. The number of primary amides is 2. The Morgan fingerprint density at radius 3 is 2.14 bits per heavy atom. The van der Waals surface area contributed by atoms with Crippen molar-refractivity contribution in [2.45, 2.75) is 32.3 Å². The maximum absolute atomic E-state index is 11.0. The van der Waals surface area contributed by atoms with E-state index in [2.05, 4.69) is 6.92 Å². The van der Waals surface area contributed by atoms with Crippen LogP contribution in [0.4, 0.5) is 0 Å². The lowest BCUT2D eigenvalue weighted by atomic mass is 9.82. The molecule has 81 valence electrons. The van der Waals surface area contributed by atoms with Gasteiger partial charge in [-0.25, -0.2) is 0 Å². The molecule has 0 aliphatic rings. The molecule has 5 nitrogen and oxygen atoms in total. The third kappa shape index (κ3) is 2.99. The highest BCUT2D eigenvalue weighted by molar-refractivity contribution is 6.04. The van der Waals surface area contributed by atoms with Crippen LogP contribution in [0.5, 0.6) is 0 Å². The predicted octanol–water partition coefficient (Wildman–Crippen LogP) is -0.671. The van der Waals surface area contributed by atoms with Crippen LogP contribution >= 0.6 is 0 Å². The highest BCUT2D eigenvalue weighted by atomic mass is 16.3. The van der Waals surface area contributed by atoms with E-state index in [1.807, 2.05) is 6.92 Å². The van der Waals surface area contributed by atoms with Gasteiger partial charge in [0.1, 0.15) is 5.41 Å². The van der Waals surface area contributed by atoms with Crippen molar-refractivity contribution in [1.29, 1.82) is 0 Å². The van der Waals surface area contributed by atoms with Gasteiger partial charge in [-0.3, -0.25) is 9.59 Å². The van der Waals surface area contributed by atoms with Gasteiger partial charge in [0, 0.05) is 0 Å². The highest BCUT2D eigenvalue weighted by Gasteiger charge is 2.39. The first kappa shape index (κ1) is 12.9. The van der Waals surface area contributed by atoms with Crippen molar-refractivity contribution in [3.05, 3.63) is 6.92 Å². The smallest absolute Gasteiger partial charge is 0.233 e. The summed E-state index contributed by atoms with van der Waals surface area (Å²) in [5.74, 6) is -1.81. The third-order valence-corrected chi connectivity index (χ3v) is 2.15. The number of hydrogen-bond acceptors (Lipinski definition) is 3. The molecule has 0 aliphatic heterocycles. The Hall–Kier alpha value is -1.10. The number of carbonyl (C=O) groups is 2. The molecule has 1 atom stereocenters. The van der Waals surface area contributed by atoms with Crippen molar-refractivity contribution in [1.82, 2.24) is 0 Å². The molecule has 0 spiro atoms. The first-order chi connectivity index (χ1) is 6.34. The summed E-state index contributed by atoms with van der Waals surface area (Å²) in [5.41, 5.74) is 8.31. The monoisotopic (exact) mass is 201 g/mol. The molecular formula is C9H17N2O3. The van der Waals surface area contributed by atoms with Crippen LogP contribution in [0.25, 0.3) is 0 Å². The third-order valence-electron chi connectivity index (χ3n) is 2.15. The van der Waals surface area contributed by atoms with E-state index in [4.69, 9.17) is 11.5 Å². The number of aliphatic hydroxyl groups excluding tert-OH is 1. The predicted molar refractivity (Wildman–Crippen MR) is 51.7 cm³/mol. The standard InChI is InChI=1S/C9H17N2O3/c1-3-4-6(12)5-9(2,7(10)13)8(11)14/h6,12H,2-5H2,1H3,(H2,10,13)(H2,11,14). The zero-order valence-electron chi connectivity index (χ0n) is 8.32. The van der Waals surface area contributed by atoms with Crippen LogP contribution in [-0.4, -0.2) is 23.0 Å². The number of rotatable bonds is 6. The molecule has 0 saturated carbocycles. The van der Waals surface area contributed by atoms with E-state index < -0.39 is 23.3 Å². The van der Waals surface area contributed by atoms with E-state index in [9.17, 15) is 14.7 Å². The lowest BCUT2D eigenvalue weighted by molar-refractivity contribution is -0.138. The second-order valence-corrected chi connectivity index (χ2v) is 3.46. The van der Waals surface area contributed by atoms with Gasteiger partial charge in [-0.1, -0.05) is 13.3 Å². The maximum Gasteiger partial charge on any atom is 0.233 e. The first-order valence-corrected chi connectivity index (χ1v) is 4.47. The lowest BCUT2D eigenvalue weighted by Crippen LogP contribution is -2.47. The molecular weight excluding hydrogens is 184 g/mol. The molecule has 0 bridgehead atoms. The van der Waals surface area contributed by atoms with E-state index in [0.717, 1.165) is 6.42 Å². The van der Waals surface area contributed by atoms with Crippen molar-refractivity contribution in [3.8, 4) is 0 Å². The first-order valence-electron chi connectivity index (χ1n) is 4.47. The Labute approximate surface area is 83.5 Å². The van der Waals surface area contributed by atoms with Crippen LogP contribution in [0, 0.1) is 12.3 Å². The average molecular weight is 201 g/mol. The van der Waals surface area contributed by atoms with Gasteiger partial charge in [0.25, 0.3) is 0 Å². The fourth-order valence-corrected chi connectivity index (χ4v) is 1.16. The summed E-state index contributed by atoms with van der Waals surface area (Å²) in [4.78, 5) is 21.9. The number of amides is 2. The Kier molecular flexibility index (Phi) is 4.56. The van der Waals surface area contributed by atoms with E-state index in [1.54, 1.807) is 0 Å². The van der Waals surface area contributed by atoms with E-state index in [1.165, 1.54) is 0 Å². The van der Waals surface area contributed by atoms with Gasteiger partial charge in [-0.15, -0.1) is 0 Å². The van der Waals surface area contributed by atoms with Crippen molar-refractivity contribution in [2.75, 3.05) is 0 Å². The number of carbonyl (C=O) groups excluding carboxylic acids is 2. The summed E-state index contributed by atoms with van der Waals surface area (Å²) in [6.45, 7) is 5.26. The quantitative estimate of drug-likeness (QED) is 0.496. The van der Waals surface area contributed by atoms with Gasteiger partial charge in [0.2, 0.25) is 11.8 Å². The fourth-order valence-electron chi connectivity index (χ4n) is 1.16. The summed E-state index contributed by atoms with van der Waals surface area (Å²) in [7, 11) is 0. The van der Waals surface area contributed by atoms with Gasteiger partial charge in [0.15, 0.2) is 0 Å². The van der Waals surface area contributed by atoms with Crippen LogP contribution in [0.3, 0.4) is 0 Å². The normalized spacial score (nSPS) is 13.6. The van der Waals surface area contributed by atoms with Crippen LogP contribution < -0.4 is 11.5 Å². The second-order valence-electron chi connectivity index (χ2n) is 3.46. The van der Waals surface area contributed by atoms with Crippen LogP contribution in [0.15, 0.2) is 0 Å². The van der Waals surface area contributed by atoms with Crippen molar-refractivity contribution >= 4 is 11.8 Å². The summed E-state index contributed by atoms with van der Waals surface area (Å²) < 4.78 is 0. The van der Waals surface area contributed by atoms with Crippen molar-refractivity contribution < 1.29 is 14.7 Å². The Balaban J connectivity index is 4.53. The fraction of sp³-hybridized carbons (Fsp3) is 0.667. The summed E-state index contributed by atoms with van der Waals surface area (Å²) in [5, 5.41) is 9.43. The maximum atomic E-state index is 11.0. The van der Waals surface area contributed by atoms with Crippen LogP contribution in [0.1, 0.15) is 26.2 Å². The van der Waals surface area contributed by atoms with Gasteiger partial charge in [-0.2, -0.15) is 0 Å². The van der Waals surface area contributed by atoms with Gasteiger partial charge in [-0.05, 0) is 19.8 Å². The van der Waals surface area contributed by atoms with Crippen molar-refractivity contribution in [3.63, 3.8) is 0 Å². The van der Waals surface area contributed by atoms with Gasteiger partial charge in [0.05, 0.1) is 6.10 Å². The lowest BCUT2D eigenvalue weighted by Gasteiger charge is -2.24. The summed E-state index contributed by atoms with van der Waals surface area (Å²) >= 11 is 0. The number of hydrogen-bond donors (Lipinski definition) is 3. The van der Waals surface area contributed by atoms with Gasteiger partial charge >= 0.3 is 0 Å². The van der Waals surface area contributed by atoms with E-state index in [0.29, 0.717) is 6.42 Å². The average Bonchev–Trinajstić information content (AvgIpc) is 2.03. The Bertz CT molecular complexity index is 214. The molecule has 0 rings (SSSR count). The topological polar surface area (TPSA) is 106 Å². The Morgan fingerprint density at radius 1 is 1.43 bits per heavy atom. The minimum atomic E-state index is -1.70. The van der Waals surface area contributed by atoms with Crippen molar-refractivity contribution in [2.24, 2.45) is 16.9 Å². The largest absolute Gasteiger partial charge is 0.393 e. The molecule has 1 unspecified atom stereocenters.